The zero-order valence-corrected chi connectivity index (χ0v) is 13.0. The Balaban J connectivity index is -0.000000218. The molecular formula is C10H20CaN2O4. The minimum absolute atomic E-state index is 0. The van der Waals surface area contributed by atoms with Gasteiger partial charge in [-0.2, -0.15) is 0 Å². The standard InChI is InChI=1S/2C5H11NO2.Ca/c2*1-3(2)4(6)5(7)8;/h2*3-4H,6H2,1-2H3,(H,7,8);/q;;+2/p-2/t2*4-;/m00./s1. The van der Waals surface area contributed by atoms with E-state index in [1.807, 2.05) is 0 Å². The van der Waals surface area contributed by atoms with Crippen LogP contribution in [0, 0.1) is 11.8 Å². The average molecular weight is 272 g/mol. The van der Waals surface area contributed by atoms with Crippen LogP contribution in [0.15, 0.2) is 0 Å². The number of carbonyl (C=O) groups excluding carboxylic acids is 2. The van der Waals surface area contributed by atoms with Gasteiger partial charge in [-0.1, -0.05) is 27.7 Å². The van der Waals surface area contributed by atoms with E-state index in [4.69, 9.17) is 11.5 Å². The third-order valence-corrected chi connectivity index (χ3v) is 1.98. The first-order chi connectivity index (χ1) is 7.11. The van der Waals surface area contributed by atoms with Crippen molar-refractivity contribution in [1.29, 1.82) is 0 Å². The van der Waals surface area contributed by atoms with Crippen LogP contribution in [0.3, 0.4) is 0 Å². The Morgan fingerprint density at radius 1 is 0.824 bits per heavy atom. The number of carbonyl (C=O) groups is 2. The Morgan fingerprint density at radius 2 is 1.00 bits per heavy atom. The summed E-state index contributed by atoms with van der Waals surface area (Å²) in [7, 11) is 0. The normalized spacial score (nSPS) is 13.2. The number of nitrogens with two attached hydrogens (primary N) is 2. The molecule has 0 bridgehead atoms. The SMILES string of the molecule is CC(C)[C@H](N)C(=O)[O-].CC(C)[C@H](N)C(=O)[O-].[Ca+2]. The average Bonchev–Trinajstić information content (AvgIpc) is 2.15. The molecule has 96 valence electrons. The molecule has 0 aromatic carbocycles. The first-order valence-electron chi connectivity index (χ1n) is 5.04. The summed E-state index contributed by atoms with van der Waals surface area (Å²) < 4.78 is 0. The van der Waals surface area contributed by atoms with E-state index in [2.05, 4.69) is 0 Å². The molecule has 0 unspecified atom stereocenters. The molecule has 0 rings (SSSR count). The first kappa shape index (κ1) is 22.3. The number of rotatable bonds is 4. The summed E-state index contributed by atoms with van der Waals surface area (Å²) in [6.07, 6.45) is 0. The van der Waals surface area contributed by atoms with E-state index in [0.29, 0.717) is 0 Å². The Morgan fingerprint density at radius 3 is 1.00 bits per heavy atom. The summed E-state index contributed by atoms with van der Waals surface area (Å²) in [4.78, 5) is 19.8. The largest absolute Gasteiger partial charge is 2.00 e. The quantitative estimate of drug-likeness (QED) is 0.526. The van der Waals surface area contributed by atoms with Crippen molar-refractivity contribution in [2.45, 2.75) is 39.8 Å². The van der Waals surface area contributed by atoms with Crippen LogP contribution in [-0.2, 0) is 9.59 Å². The molecule has 2 atom stereocenters. The van der Waals surface area contributed by atoms with Gasteiger partial charge in [0, 0.05) is 12.1 Å². The van der Waals surface area contributed by atoms with Gasteiger partial charge in [0.25, 0.3) is 0 Å². The molecule has 0 radical (unpaired) electrons. The molecular weight excluding hydrogens is 252 g/mol. The third-order valence-electron chi connectivity index (χ3n) is 1.98. The topological polar surface area (TPSA) is 132 Å². The van der Waals surface area contributed by atoms with Gasteiger partial charge in [-0.3, -0.25) is 0 Å². The van der Waals surface area contributed by atoms with Gasteiger partial charge >= 0.3 is 37.7 Å². The molecule has 0 aliphatic heterocycles. The van der Waals surface area contributed by atoms with Crippen LogP contribution in [0.1, 0.15) is 27.7 Å². The molecule has 6 nitrogen and oxygen atoms in total. The maximum Gasteiger partial charge on any atom is 2.00 e. The zero-order valence-electron chi connectivity index (χ0n) is 10.8. The molecule has 0 heterocycles. The van der Waals surface area contributed by atoms with Crippen LogP contribution in [0.4, 0.5) is 0 Å². The van der Waals surface area contributed by atoms with Gasteiger partial charge in [-0.15, -0.1) is 0 Å². The van der Waals surface area contributed by atoms with E-state index < -0.39 is 24.0 Å². The second-order valence-electron chi connectivity index (χ2n) is 4.18. The summed E-state index contributed by atoms with van der Waals surface area (Å²) in [5.74, 6) is -2.44. The van der Waals surface area contributed by atoms with E-state index in [0.717, 1.165) is 0 Å². The molecule has 0 saturated carbocycles. The molecule has 0 aromatic rings. The molecule has 0 fully saturated rings. The number of aliphatic carboxylic acids is 2. The monoisotopic (exact) mass is 272 g/mol. The van der Waals surface area contributed by atoms with Crippen LogP contribution in [0.2, 0.25) is 0 Å². The Labute approximate surface area is 132 Å². The molecule has 7 heteroatoms. The molecule has 0 amide bonds. The summed E-state index contributed by atoms with van der Waals surface area (Å²) in [5.41, 5.74) is 10.2. The van der Waals surface area contributed by atoms with Gasteiger partial charge in [-0.05, 0) is 11.8 Å². The van der Waals surface area contributed by atoms with Crippen molar-refractivity contribution in [3.05, 3.63) is 0 Å². The van der Waals surface area contributed by atoms with Crippen LogP contribution in [0.25, 0.3) is 0 Å². The van der Waals surface area contributed by atoms with E-state index >= 15 is 0 Å². The number of hydrogen-bond donors (Lipinski definition) is 2. The molecule has 0 aliphatic carbocycles. The molecule has 0 aliphatic rings. The van der Waals surface area contributed by atoms with Crippen LogP contribution in [-0.4, -0.2) is 61.8 Å². The fourth-order valence-electron chi connectivity index (χ4n) is 0.544. The molecule has 0 aromatic heterocycles. The fourth-order valence-corrected chi connectivity index (χ4v) is 0.544. The Bertz CT molecular complexity index is 210. The Hall–Kier alpha value is 0.120. The van der Waals surface area contributed by atoms with Gasteiger partial charge in [0.2, 0.25) is 0 Å². The van der Waals surface area contributed by atoms with Crippen molar-refractivity contribution in [2.75, 3.05) is 0 Å². The minimum Gasteiger partial charge on any atom is -0.548 e. The first-order valence-corrected chi connectivity index (χ1v) is 5.04. The summed E-state index contributed by atoms with van der Waals surface area (Å²) >= 11 is 0. The molecule has 0 spiro atoms. The maximum absolute atomic E-state index is 9.90. The number of carboxylic acids is 2. The summed E-state index contributed by atoms with van der Waals surface area (Å²) in [6, 6.07) is -1.65. The van der Waals surface area contributed by atoms with E-state index in [1.165, 1.54) is 0 Å². The number of carboxylic acid groups (broad SMARTS) is 2. The fraction of sp³-hybridized carbons (Fsp3) is 0.800. The van der Waals surface area contributed by atoms with Crippen molar-refractivity contribution in [2.24, 2.45) is 23.3 Å². The van der Waals surface area contributed by atoms with Gasteiger partial charge in [0.1, 0.15) is 0 Å². The van der Waals surface area contributed by atoms with Crippen LogP contribution < -0.4 is 21.7 Å². The van der Waals surface area contributed by atoms with Gasteiger partial charge < -0.3 is 31.3 Å². The smallest absolute Gasteiger partial charge is 0.548 e. The predicted octanol–water partition coefficient (Wildman–Crippen LogP) is -2.94. The summed E-state index contributed by atoms with van der Waals surface area (Å²) in [6.45, 7) is 6.95. The minimum atomic E-state index is -1.18. The predicted molar refractivity (Wildman–Crippen MR) is 61.4 cm³/mol. The van der Waals surface area contributed by atoms with Crippen molar-refractivity contribution >= 4 is 49.7 Å². The number of hydrogen-bond acceptors (Lipinski definition) is 6. The van der Waals surface area contributed by atoms with Crippen molar-refractivity contribution < 1.29 is 19.8 Å². The van der Waals surface area contributed by atoms with Crippen molar-refractivity contribution in [3.63, 3.8) is 0 Å². The molecule has 0 saturated heterocycles. The second kappa shape index (κ2) is 11.2. The zero-order chi connectivity index (χ0) is 13.5. The Kier molecular flexibility index (Phi) is 14.7. The van der Waals surface area contributed by atoms with E-state index in [9.17, 15) is 19.8 Å². The van der Waals surface area contributed by atoms with E-state index in [-0.39, 0.29) is 49.6 Å². The second-order valence-corrected chi connectivity index (χ2v) is 4.18. The van der Waals surface area contributed by atoms with Crippen molar-refractivity contribution in [1.82, 2.24) is 0 Å². The maximum atomic E-state index is 9.90. The van der Waals surface area contributed by atoms with Crippen LogP contribution >= 0.6 is 0 Å². The van der Waals surface area contributed by atoms with Gasteiger partial charge in [0.05, 0.1) is 11.9 Å². The molecule has 4 N–H and O–H groups in total. The van der Waals surface area contributed by atoms with Crippen molar-refractivity contribution in [3.8, 4) is 0 Å². The van der Waals surface area contributed by atoms with Gasteiger partial charge in [-0.25, -0.2) is 0 Å². The molecule has 17 heavy (non-hydrogen) atoms. The van der Waals surface area contributed by atoms with Crippen LogP contribution in [0.5, 0.6) is 0 Å². The third kappa shape index (κ3) is 12.4. The van der Waals surface area contributed by atoms with Gasteiger partial charge in [0.15, 0.2) is 0 Å². The summed E-state index contributed by atoms with van der Waals surface area (Å²) in [5, 5.41) is 19.8. The van der Waals surface area contributed by atoms with E-state index in [1.54, 1.807) is 27.7 Å².